The Kier molecular flexibility index (Phi) is 4.19. The van der Waals surface area contributed by atoms with Crippen LogP contribution < -0.4 is 0 Å². The van der Waals surface area contributed by atoms with Crippen molar-refractivity contribution in [2.75, 3.05) is 0 Å². The summed E-state index contributed by atoms with van der Waals surface area (Å²) in [5.41, 5.74) is 4.48. The van der Waals surface area contributed by atoms with Crippen LogP contribution in [0.15, 0.2) is 18.2 Å². The molecule has 1 atom stereocenters. The highest BCUT2D eigenvalue weighted by Gasteiger charge is 2.06. The highest BCUT2D eigenvalue weighted by molar-refractivity contribution is 5.33. The van der Waals surface area contributed by atoms with Gasteiger partial charge in [0.2, 0.25) is 0 Å². The first-order valence-electron chi connectivity index (χ1n) is 5.78. The van der Waals surface area contributed by atoms with E-state index in [0.29, 0.717) is 5.92 Å². The van der Waals surface area contributed by atoms with Crippen molar-refractivity contribution in [3.8, 4) is 0 Å². The SMILES string of the molecule is CCCc1ccc(C)c(C(C)CC)c1. The van der Waals surface area contributed by atoms with Crippen LogP contribution >= 0.6 is 0 Å². The van der Waals surface area contributed by atoms with E-state index in [4.69, 9.17) is 0 Å². The molecule has 14 heavy (non-hydrogen) atoms. The fourth-order valence-corrected chi connectivity index (χ4v) is 1.88. The molecular weight excluding hydrogens is 168 g/mol. The zero-order valence-corrected chi connectivity index (χ0v) is 9.93. The normalized spacial score (nSPS) is 12.9. The fraction of sp³-hybridized carbons (Fsp3) is 0.571. The molecule has 0 aliphatic rings. The standard InChI is InChI=1S/C14H22/c1-5-7-13-9-8-12(4)14(10-13)11(3)6-2/h8-11H,5-7H2,1-4H3. The van der Waals surface area contributed by atoms with Gasteiger partial charge in [-0.15, -0.1) is 0 Å². The Bertz CT molecular complexity index is 286. The van der Waals surface area contributed by atoms with Crippen molar-refractivity contribution in [1.82, 2.24) is 0 Å². The second kappa shape index (κ2) is 5.19. The van der Waals surface area contributed by atoms with Crippen molar-refractivity contribution in [3.63, 3.8) is 0 Å². The van der Waals surface area contributed by atoms with Crippen LogP contribution in [0, 0.1) is 6.92 Å². The van der Waals surface area contributed by atoms with Gasteiger partial charge in [-0.1, -0.05) is 45.4 Å². The molecule has 0 heteroatoms. The van der Waals surface area contributed by atoms with E-state index >= 15 is 0 Å². The molecule has 78 valence electrons. The zero-order chi connectivity index (χ0) is 10.6. The Morgan fingerprint density at radius 1 is 1.21 bits per heavy atom. The molecular formula is C14H22. The first-order valence-corrected chi connectivity index (χ1v) is 5.78. The molecule has 0 aliphatic heterocycles. The summed E-state index contributed by atoms with van der Waals surface area (Å²) in [5.74, 6) is 0.701. The molecule has 0 amide bonds. The lowest BCUT2D eigenvalue weighted by Crippen LogP contribution is -1.97. The van der Waals surface area contributed by atoms with Crippen molar-refractivity contribution in [1.29, 1.82) is 0 Å². The van der Waals surface area contributed by atoms with Gasteiger partial charge in [-0.25, -0.2) is 0 Å². The van der Waals surface area contributed by atoms with Crippen molar-refractivity contribution < 1.29 is 0 Å². The second-order valence-electron chi connectivity index (χ2n) is 4.25. The second-order valence-corrected chi connectivity index (χ2v) is 4.25. The Hall–Kier alpha value is -0.780. The molecule has 0 bridgehead atoms. The summed E-state index contributed by atoms with van der Waals surface area (Å²) in [6.45, 7) is 9.04. The smallest absolute Gasteiger partial charge is 0.0190 e. The average molecular weight is 190 g/mol. The number of benzene rings is 1. The van der Waals surface area contributed by atoms with E-state index in [0.717, 1.165) is 0 Å². The van der Waals surface area contributed by atoms with Gasteiger partial charge in [0.25, 0.3) is 0 Å². The summed E-state index contributed by atoms with van der Waals surface area (Å²) >= 11 is 0. The van der Waals surface area contributed by atoms with E-state index in [1.807, 2.05) is 0 Å². The summed E-state index contributed by atoms with van der Waals surface area (Å²) in [6.07, 6.45) is 3.68. The Labute approximate surface area is 88.4 Å². The molecule has 0 fully saturated rings. The molecule has 0 aliphatic carbocycles. The van der Waals surface area contributed by atoms with Crippen LogP contribution in [0.1, 0.15) is 56.2 Å². The van der Waals surface area contributed by atoms with Crippen LogP contribution in [-0.2, 0) is 6.42 Å². The minimum Gasteiger partial charge on any atom is -0.0651 e. The van der Waals surface area contributed by atoms with Gasteiger partial charge in [-0.3, -0.25) is 0 Å². The molecule has 0 radical (unpaired) electrons. The molecule has 0 heterocycles. The van der Waals surface area contributed by atoms with E-state index in [1.165, 1.54) is 30.4 Å². The Morgan fingerprint density at radius 2 is 1.93 bits per heavy atom. The van der Waals surface area contributed by atoms with E-state index in [1.54, 1.807) is 5.56 Å². The number of aryl methyl sites for hydroxylation is 2. The molecule has 0 spiro atoms. The molecule has 0 nitrogen and oxygen atoms in total. The summed E-state index contributed by atoms with van der Waals surface area (Å²) < 4.78 is 0. The third-order valence-corrected chi connectivity index (χ3v) is 3.03. The fourth-order valence-electron chi connectivity index (χ4n) is 1.88. The van der Waals surface area contributed by atoms with Crippen molar-refractivity contribution in [3.05, 3.63) is 34.9 Å². The highest BCUT2D eigenvalue weighted by Crippen LogP contribution is 2.23. The minimum atomic E-state index is 0.701. The van der Waals surface area contributed by atoms with E-state index < -0.39 is 0 Å². The maximum Gasteiger partial charge on any atom is -0.0190 e. The molecule has 0 saturated heterocycles. The van der Waals surface area contributed by atoms with Crippen LogP contribution in [0.4, 0.5) is 0 Å². The maximum atomic E-state index is 2.40. The molecule has 0 N–H and O–H groups in total. The van der Waals surface area contributed by atoms with Gasteiger partial charge < -0.3 is 0 Å². The van der Waals surface area contributed by atoms with E-state index in [-0.39, 0.29) is 0 Å². The van der Waals surface area contributed by atoms with Gasteiger partial charge in [0.15, 0.2) is 0 Å². The lowest BCUT2D eigenvalue weighted by molar-refractivity contribution is 0.725. The number of hydrogen-bond acceptors (Lipinski definition) is 0. The largest absolute Gasteiger partial charge is 0.0651 e. The van der Waals surface area contributed by atoms with Crippen LogP contribution in [0.3, 0.4) is 0 Å². The molecule has 1 unspecified atom stereocenters. The van der Waals surface area contributed by atoms with E-state index in [2.05, 4.69) is 45.9 Å². The predicted molar refractivity (Wildman–Crippen MR) is 63.9 cm³/mol. The predicted octanol–water partition coefficient (Wildman–Crippen LogP) is 4.46. The van der Waals surface area contributed by atoms with Crippen molar-refractivity contribution in [2.24, 2.45) is 0 Å². The van der Waals surface area contributed by atoms with Crippen LogP contribution in [0.2, 0.25) is 0 Å². The maximum absolute atomic E-state index is 2.40. The average Bonchev–Trinajstić information content (AvgIpc) is 2.20. The Morgan fingerprint density at radius 3 is 2.50 bits per heavy atom. The van der Waals surface area contributed by atoms with Crippen LogP contribution in [0.5, 0.6) is 0 Å². The zero-order valence-electron chi connectivity index (χ0n) is 9.93. The summed E-state index contributed by atoms with van der Waals surface area (Å²) in [7, 11) is 0. The van der Waals surface area contributed by atoms with Crippen molar-refractivity contribution >= 4 is 0 Å². The van der Waals surface area contributed by atoms with Gasteiger partial charge >= 0.3 is 0 Å². The van der Waals surface area contributed by atoms with Gasteiger partial charge in [0.05, 0.1) is 0 Å². The molecule has 0 aromatic heterocycles. The van der Waals surface area contributed by atoms with Crippen molar-refractivity contribution in [2.45, 2.75) is 52.9 Å². The van der Waals surface area contributed by atoms with Gasteiger partial charge in [-0.2, -0.15) is 0 Å². The number of hydrogen-bond donors (Lipinski definition) is 0. The number of rotatable bonds is 4. The first kappa shape index (κ1) is 11.3. The lowest BCUT2D eigenvalue weighted by atomic mass is 9.92. The Balaban J connectivity index is 2.95. The summed E-state index contributed by atoms with van der Waals surface area (Å²) in [6, 6.07) is 6.93. The van der Waals surface area contributed by atoms with Crippen LogP contribution in [0.25, 0.3) is 0 Å². The minimum absolute atomic E-state index is 0.701. The summed E-state index contributed by atoms with van der Waals surface area (Å²) in [5, 5.41) is 0. The lowest BCUT2D eigenvalue weighted by Gasteiger charge is -2.14. The quantitative estimate of drug-likeness (QED) is 0.657. The third kappa shape index (κ3) is 2.60. The first-order chi connectivity index (χ1) is 6.69. The molecule has 0 saturated carbocycles. The monoisotopic (exact) mass is 190 g/mol. The van der Waals surface area contributed by atoms with Crippen LogP contribution in [-0.4, -0.2) is 0 Å². The van der Waals surface area contributed by atoms with Gasteiger partial charge in [0, 0.05) is 0 Å². The topological polar surface area (TPSA) is 0 Å². The molecule has 1 rings (SSSR count). The summed E-state index contributed by atoms with van der Waals surface area (Å²) in [4.78, 5) is 0. The van der Waals surface area contributed by atoms with Gasteiger partial charge in [-0.05, 0) is 42.4 Å². The van der Waals surface area contributed by atoms with E-state index in [9.17, 15) is 0 Å². The molecule has 1 aromatic carbocycles. The third-order valence-electron chi connectivity index (χ3n) is 3.03. The van der Waals surface area contributed by atoms with Gasteiger partial charge in [0.1, 0.15) is 0 Å². The highest BCUT2D eigenvalue weighted by atomic mass is 14.1. The molecule has 1 aromatic rings.